The van der Waals surface area contributed by atoms with Crippen molar-refractivity contribution in [2.75, 3.05) is 18.2 Å². The summed E-state index contributed by atoms with van der Waals surface area (Å²) in [7, 11) is 1.61. The van der Waals surface area contributed by atoms with Gasteiger partial charge in [-0.2, -0.15) is 5.26 Å². The van der Waals surface area contributed by atoms with Crippen LogP contribution in [-0.4, -0.2) is 18.8 Å². The molecule has 0 aliphatic heterocycles. The first-order chi connectivity index (χ1) is 11.2. The van der Waals surface area contributed by atoms with Gasteiger partial charge in [0.25, 0.3) is 0 Å². The summed E-state index contributed by atoms with van der Waals surface area (Å²) in [5, 5.41) is 11.6. The van der Waals surface area contributed by atoms with Crippen molar-refractivity contribution >= 4 is 23.4 Å². The summed E-state index contributed by atoms with van der Waals surface area (Å²) in [6, 6.07) is 17.2. The molecule has 1 amide bonds. The first-order valence-corrected chi connectivity index (χ1v) is 8.23. The molecule has 0 aromatic heterocycles. The fraction of sp³-hybridized carbons (Fsp3) is 0.222. The van der Waals surface area contributed by atoms with Crippen molar-refractivity contribution in [1.82, 2.24) is 0 Å². The van der Waals surface area contributed by atoms with Crippen molar-refractivity contribution in [3.05, 3.63) is 54.1 Å². The summed E-state index contributed by atoms with van der Waals surface area (Å²) < 4.78 is 5.11. The van der Waals surface area contributed by atoms with E-state index in [-0.39, 0.29) is 5.91 Å². The number of methoxy groups -OCH3 is 1. The zero-order valence-electron chi connectivity index (χ0n) is 12.9. The third-order valence-corrected chi connectivity index (χ3v) is 4.23. The topological polar surface area (TPSA) is 62.1 Å². The molecule has 118 valence electrons. The van der Waals surface area contributed by atoms with E-state index < -0.39 is 0 Å². The number of carbonyl (C=O) groups excluding carboxylic acids is 1. The van der Waals surface area contributed by atoms with Crippen molar-refractivity contribution < 1.29 is 9.53 Å². The van der Waals surface area contributed by atoms with E-state index in [1.165, 1.54) is 0 Å². The number of nitriles is 1. The molecule has 0 bridgehead atoms. The molecule has 0 unspecified atom stereocenters. The maximum Gasteiger partial charge on any atom is 0.228 e. The van der Waals surface area contributed by atoms with E-state index in [4.69, 9.17) is 10.00 Å². The number of rotatable bonds is 7. The molecule has 0 radical (unpaired) electrons. The van der Waals surface area contributed by atoms with Gasteiger partial charge in [-0.25, -0.2) is 0 Å². The Hall–Kier alpha value is -2.45. The van der Waals surface area contributed by atoms with E-state index in [0.29, 0.717) is 18.6 Å². The third kappa shape index (κ3) is 5.35. The smallest absolute Gasteiger partial charge is 0.228 e. The van der Waals surface area contributed by atoms with Crippen LogP contribution < -0.4 is 10.1 Å². The lowest BCUT2D eigenvalue weighted by molar-refractivity contribution is -0.115. The van der Waals surface area contributed by atoms with Crippen LogP contribution in [0, 0.1) is 11.3 Å². The number of ether oxygens (including phenoxy) is 1. The zero-order valence-corrected chi connectivity index (χ0v) is 13.7. The summed E-state index contributed by atoms with van der Waals surface area (Å²) >= 11 is 1.57. The minimum atomic E-state index is -0.0662. The SMILES string of the molecule is COc1ccc(CC(=O)Nc2ccccc2SCCC#N)cc1. The average Bonchev–Trinajstić information content (AvgIpc) is 2.57. The Morgan fingerprint density at radius 2 is 1.96 bits per heavy atom. The lowest BCUT2D eigenvalue weighted by Gasteiger charge is -2.10. The van der Waals surface area contributed by atoms with Crippen LogP contribution in [0.2, 0.25) is 0 Å². The molecule has 2 rings (SSSR count). The quantitative estimate of drug-likeness (QED) is 0.619. The minimum Gasteiger partial charge on any atom is -0.497 e. The Bertz CT molecular complexity index is 693. The summed E-state index contributed by atoms with van der Waals surface area (Å²) in [5.74, 6) is 1.42. The average molecular weight is 326 g/mol. The van der Waals surface area contributed by atoms with E-state index in [1.807, 2.05) is 48.5 Å². The number of nitrogens with zero attached hydrogens (tertiary/aromatic N) is 1. The van der Waals surface area contributed by atoms with Gasteiger partial charge in [0, 0.05) is 17.1 Å². The molecule has 4 nitrogen and oxygen atoms in total. The lowest BCUT2D eigenvalue weighted by atomic mass is 10.1. The number of amides is 1. The summed E-state index contributed by atoms with van der Waals surface area (Å²) in [5.41, 5.74) is 1.71. The predicted molar refractivity (Wildman–Crippen MR) is 92.7 cm³/mol. The van der Waals surface area contributed by atoms with Gasteiger partial charge >= 0.3 is 0 Å². The van der Waals surface area contributed by atoms with Crippen LogP contribution in [0.3, 0.4) is 0 Å². The number of hydrogen-bond acceptors (Lipinski definition) is 4. The maximum atomic E-state index is 12.2. The van der Waals surface area contributed by atoms with E-state index in [2.05, 4.69) is 11.4 Å². The van der Waals surface area contributed by atoms with E-state index >= 15 is 0 Å². The maximum absolute atomic E-state index is 12.2. The van der Waals surface area contributed by atoms with Crippen molar-refractivity contribution in [2.45, 2.75) is 17.7 Å². The normalized spacial score (nSPS) is 9.91. The van der Waals surface area contributed by atoms with Crippen LogP contribution in [0.5, 0.6) is 5.75 Å². The first kappa shape index (κ1) is 16.9. The molecule has 0 heterocycles. The molecule has 2 aromatic rings. The molecular formula is C18H18N2O2S. The largest absolute Gasteiger partial charge is 0.497 e. The van der Waals surface area contributed by atoms with Gasteiger partial charge < -0.3 is 10.1 Å². The highest BCUT2D eigenvalue weighted by Crippen LogP contribution is 2.27. The fourth-order valence-corrected chi connectivity index (χ4v) is 2.89. The third-order valence-electron chi connectivity index (χ3n) is 3.16. The molecule has 2 aromatic carbocycles. The Kier molecular flexibility index (Phi) is 6.52. The van der Waals surface area contributed by atoms with Crippen LogP contribution in [0.1, 0.15) is 12.0 Å². The van der Waals surface area contributed by atoms with Gasteiger partial charge in [-0.15, -0.1) is 11.8 Å². The van der Waals surface area contributed by atoms with Gasteiger partial charge in [0.05, 0.1) is 25.3 Å². The molecule has 5 heteroatoms. The monoisotopic (exact) mass is 326 g/mol. The van der Waals surface area contributed by atoms with Gasteiger partial charge in [0.2, 0.25) is 5.91 Å². The molecule has 0 aliphatic carbocycles. The Morgan fingerprint density at radius 1 is 1.22 bits per heavy atom. The van der Waals surface area contributed by atoms with E-state index in [9.17, 15) is 4.79 Å². The second-order valence-electron chi connectivity index (χ2n) is 4.83. The highest BCUT2D eigenvalue weighted by molar-refractivity contribution is 7.99. The number of para-hydroxylation sites is 1. The fourth-order valence-electron chi connectivity index (χ4n) is 2.03. The van der Waals surface area contributed by atoms with Crippen LogP contribution in [0.4, 0.5) is 5.69 Å². The molecule has 0 aliphatic rings. The highest BCUT2D eigenvalue weighted by Gasteiger charge is 2.08. The zero-order chi connectivity index (χ0) is 16.5. The van der Waals surface area contributed by atoms with E-state index in [0.717, 1.165) is 21.9 Å². The number of thioether (sulfide) groups is 1. The molecule has 0 fully saturated rings. The molecule has 0 saturated heterocycles. The second-order valence-corrected chi connectivity index (χ2v) is 5.96. The molecular weight excluding hydrogens is 308 g/mol. The molecule has 0 atom stereocenters. The molecule has 0 saturated carbocycles. The van der Waals surface area contributed by atoms with Crippen LogP contribution in [-0.2, 0) is 11.2 Å². The molecule has 1 N–H and O–H groups in total. The van der Waals surface area contributed by atoms with Gasteiger partial charge in [-0.05, 0) is 29.8 Å². The van der Waals surface area contributed by atoms with Gasteiger partial charge in [0.1, 0.15) is 5.75 Å². The number of benzene rings is 2. The first-order valence-electron chi connectivity index (χ1n) is 7.24. The lowest BCUT2D eigenvalue weighted by Crippen LogP contribution is -2.14. The number of carbonyl (C=O) groups is 1. The molecule has 23 heavy (non-hydrogen) atoms. The van der Waals surface area contributed by atoms with Gasteiger partial charge in [0.15, 0.2) is 0 Å². The minimum absolute atomic E-state index is 0.0662. The van der Waals surface area contributed by atoms with Crippen LogP contribution in [0.15, 0.2) is 53.4 Å². The number of anilines is 1. The van der Waals surface area contributed by atoms with Crippen molar-refractivity contribution in [3.8, 4) is 11.8 Å². The Labute approximate surface area is 140 Å². The van der Waals surface area contributed by atoms with Crippen molar-refractivity contribution in [3.63, 3.8) is 0 Å². The summed E-state index contributed by atoms with van der Waals surface area (Å²) in [6.45, 7) is 0. The summed E-state index contributed by atoms with van der Waals surface area (Å²) in [6.07, 6.45) is 0.792. The predicted octanol–water partition coefficient (Wildman–Crippen LogP) is 3.88. The second kappa shape index (κ2) is 8.86. The number of nitrogens with one attached hydrogen (secondary N) is 1. The van der Waals surface area contributed by atoms with E-state index in [1.54, 1.807) is 18.9 Å². The van der Waals surface area contributed by atoms with Crippen molar-refractivity contribution in [1.29, 1.82) is 5.26 Å². The van der Waals surface area contributed by atoms with Crippen molar-refractivity contribution in [2.24, 2.45) is 0 Å². The van der Waals surface area contributed by atoms with Crippen LogP contribution >= 0.6 is 11.8 Å². The van der Waals surface area contributed by atoms with Gasteiger partial charge in [-0.1, -0.05) is 24.3 Å². The molecule has 0 spiro atoms. The number of hydrogen-bond donors (Lipinski definition) is 1. The van der Waals surface area contributed by atoms with Crippen LogP contribution in [0.25, 0.3) is 0 Å². The standard InChI is InChI=1S/C18H18N2O2S/c1-22-15-9-7-14(8-10-15)13-18(21)20-16-5-2-3-6-17(16)23-12-4-11-19/h2-3,5-10H,4,12-13H2,1H3,(H,20,21). The summed E-state index contributed by atoms with van der Waals surface area (Å²) in [4.78, 5) is 13.2. The van der Waals surface area contributed by atoms with Gasteiger partial charge in [-0.3, -0.25) is 4.79 Å². The Balaban J connectivity index is 1.98. The highest BCUT2D eigenvalue weighted by atomic mass is 32.2. The Morgan fingerprint density at radius 3 is 2.65 bits per heavy atom.